The van der Waals surface area contributed by atoms with Gasteiger partial charge < -0.3 is 19.3 Å². The van der Waals surface area contributed by atoms with Gasteiger partial charge in [0.15, 0.2) is 0 Å². The van der Waals surface area contributed by atoms with Crippen LogP contribution in [0.1, 0.15) is 26.7 Å². The van der Waals surface area contributed by atoms with Crippen LogP contribution in [0.2, 0.25) is 0 Å². The van der Waals surface area contributed by atoms with Crippen LogP contribution in [0.15, 0.2) is 102 Å². The number of carbonyl (C=O) groups is 2. The van der Waals surface area contributed by atoms with Gasteiger partial charge in [-0.05, 0) is 50.5 Å². The van der Waals surface area contributed by atoms with E-state index >= 15 is 0 Å². The van der Waals surface area contributed by atoms with E-state index in [-0.39, 0.29) is 31.0 Å². The van der Waals surface area contributed by atoms with Crippen LogP contribution in [-0.4, -0.2) is 42.8 Å². The number of nitrogens with zero attached hydrogens (tertiary/aromatic N) is 2. The van der Waals surface area contributed by atoms with Gasteiger partial charge in [-0.25, -0.2) is 9.59 Å². The minimum atomic E-state index is -0.575. The average Bonchev–Trinajstić information content (AvgIpc) is 2.87. The molecule has 0 radical (unpaired) electrons. The second-order valence-corrected chi connectivity index (χ2v) is 7.69. The van der Waals surface area contributed by atoms with Crippen LogP contribution in [0.4, 0.5) is 5.69 Å². The van der Waals surface area contributed by atoms with Crippen molar-refractivity contribution in [2.75, 3.05) is 24.7 Å². The molecule has 1 aromatic carbocycles. The van der Waals surface area contributed by atoms with Gasteiger partial charge in [-0.1, -0.05) is 61.7 Å². The molecule has 0 spiro atoms. The molecule has 2 aliphatic rings. The van der Waals surface area contributed by atoms with Gasteiger partial charge in [-0.2, -0.15) is 0 Å². The minimum absolute atomic E-state index is 0.171. The number of para-hydroxylation sites is 1. The van der Waals surface area contributed by atoms with Gasteiger partial charge in [0.2, 0.25) is 0 Å². The number of ether oxygens (including phenoxy) is 2. The van der Waals surface area contributed by atoms with Crippen molar-refractivity contribution < 1.29 is 19.1 Å². The summed E-state index contributed by atoms with van der Waals surface area (Å²) in [7, 11) is 0. The highest BCUT2D eigenvalue weighted by atomic mass is 16.5. The van der Waals surface area contributed by atoms with Crippen molar-refractivity contribution in [1.82, 2.24) is 4.90 Å². The van der Waals surface area contributed by atoms with Gasteiger partial charge in [-0.15, -0.1) is 0 Å². The molecule has 1 unspecified atom stereocenters. The zero-order valence-corrected chi connectivity index (χ0v) is 19.9. The molecule has 0 bridgehead atoms. The van der Waals surface area contributed by atoms with Gasteiger partial charge in [-0.3, -0.25) is 0 Å². The highest BCUT2D eigenvalue weighted by Crippen LogP contribution is 2.37. The van der Waals surface area contributed by atoms with Gasteiger partial charge >= 0.3 is 11.9 Å². The Morgan fingerprint density at radius 1 is 1.06 bits per heavy atom. The molecular formula is C28H32N2O4. The number of hydrogen-bond acceptors (Lipinski definition) is 6. The first kappa shape index (κ1) is 24.8. The van der Waals surface area contributed by atoms with E-state index in [9.17, 15) is 9.59 Å². The van der Waals surface area contributed by atoms with E-state index in [2.05, 4.69) is 30.2 Å². The number of esters is 2. The fraction of sp³-hybridized carbons (Fsp3) is 0.286. The zero-order chi connectivity index (χ0) is 24.5. The Bertz CT molecular complexity index is 1050. The van der Waals surface area contributed by atoms with Crippen molar-refractivity contribution in [1.29, 1.82) is 0 Å². The molecule has 1 heterocycles. The summed E-state index contributed by atoms with van der Waals surface area (Å²) in [6, 6.07) is 9.49. The van der Waals surface area contributed by atoms with Crippen molar-refractivity contribution in [2.45, 2.75) is 32.9 Å². The number of rotatable bonds is 9. The Hall–Kier alpha value is -3.80. The summed E-state index contributed by atoms with van der Waals surface area (Å²) in [6.07, 6.45) is 13.0. The Balaban J connectivity index is 2.35. The van der Waals surface area contributed by atoms with E-state index in [1.165, 1.54) is 0 Å². The smallest absolute Gasteiger partial charge is 0.355 e. The van der Waals surface area contributed by atoms with Crippen LogP contribution in [0.25, 0.3) is 0 Å². The first-order valence-corrected chi connectivity index (χ1v) is 11.6. The van der Waals surface area contributed by atoms with Crippen molar-refractivity contribution in [3.05, 3.63) is 102 Å². The number of hydrogen-bond donors (Lipinski definition) is 0. The maximum absolute atomic E-state index is 13.4. The molecule has 0 fully saturated rings. The van der Waals surface area contributed by atoms with Crippen molar-refractivity contribution in [2.24, 2.45) is 0 Å². The van der Waals surface area contributed by atoms with Crippen molar-refractivity contribution in [3.63, 3.8) is 0 Å². The Morgan fingerprint density at radius 2 is 1.76 bits per heavy atom. The first-order valence-electron chi connectivity index (χ1n) is 11.6. The molecule has 1 atom stereocenters. The number of allylic oxidation sites excluding steroid dienone is 5. The monoisotopic (exact) mass is 460 g/mol. The molecule has 0 amide bonds. The fourth-order valence-electron chi connectivity index (χ4n) is 4.17. The summed E-state index contributed by atoms with van der Waals surface area (Å²) in [6.45, 7) is 11.9. The van der Waals surface area contributed by atoms with Crippen LogP contribution in [0.5, 0.6) is 0 Å². The summed E-state index contributed by atoms with van der Waals surface area (Å²) in [5, 5.41) is 0. The van der Waals surface area contributed by atoms with Gasteiger partial charge in [0.25, 0.3) is 0 Å². The summed E-state index contributed by atoms with van der Waals surface area (Å²) >= 11 is 0. The predicted molar refractivity (Wildman–Crippen MR) is 135 cm³/mol. The van der Waals surface area contributed by atoms with E-state index in [0.717, 1.165) is 29.8 Å². The topological polar surface area (TPSA) is 59.1 Å². The summed E-state index contributed by atoms with van der Waals surface area (Å²) in [5.41, 5.74) is 2.94. The second kappa shape index (κ2) is 11.9. The van der Waals surface area contributed by atoms with Gasteiger partial charge in [0.05, 0.1) is 25.3 Å². The third kappa shape index (κ3) is 5.22. The third-order valence-electron chi connectivity index (χ3n) is 5.57. The molecule has 0 N–H and O–H groups in total. The van der Waals surface area contributed by atoms with E-state index in [0.29, 0.717) is 0 Å². The molecular weight excluding hydrogens is 428 g/mol. The second-order valence-electron chi connectivity index (χ2n) is 7.69. The van der Waals surface area contributed by atoms with Crippen molar-refractivity contribution in [3.8, 4) is 0 Å². The first-order chi connectivity index (χ1) is 16.6. The number of carbonyl (C=O) groups excluding carboxylic acids is 2. The Morgan fingerprint density at radius 3 is 2.35 bits per heavy atom. The Kier molecular flexibility index (Phi) is 8.68. The predicted octanol–water partition coefficient (Wildman–Crippen LogP) is 5.05. The lowest BCUT2D eigenvalue weighted by Crippen LogP contribution is -2.55. The highest BCUT2D eigenvalue weighted by Gasteiger charge is 2.43. The van der Waals surface area contributed by atoms with E-state index < -0.39 is 18.1 Å². The molecule has 6 nitrogen and oxygen atoms in total. The van der Waals surface area contributed by atoms with E-state index in [1.807, 2.05) is 47.4 Å². The molecule has 178 valence electrons. The lowest BCUT2D eigenvalue weighted by molar-refractivity contribution is -0.142. The van der Waals surface area contributed by atoms with Crippen molar-refractivity contribution >= 4 is 17.6 Å². The molecule has 6 heteroatoms. The standard InChI is InChI=1S/C28H32N2O4/c1-5-15-21(6-2)26-29(22-16-11-9-12-17-22)20-24(27(31)33-7-3)25(28(32)34-8-4)30(26)23-18-13-10-14-19-23/h5-6,10-11,13-19,26H,1-2,7-9,12,20H2,3-4H3/b21-15+. The van der Waals surface area contributed by atoms with Crippen LogP contribution < -0.4 is 4.90 Å². The van der Waals surface area contributed by atoms with Crippen LogP contribution in [-0.2, 0) is 19.1 Å². The van der Waals surface area contributed by atoms with Gasteiger partial charge in [0.1, 0.15) is 11.9 Å². The third-order valence-corrected chi connectivity index (χ3v) is 5.57. The Labute approximate surface area is 201 Å². The van der Waals surface area contributed by atoms with Crippen LogP contribution in [0.3, 0.4) is 0 Å². The fourth-order valence-corrected chi connectivity index (χ4v) is 4.17. The molecule has 0 aromatic heterocycles. The molecule has 1 aromatic rings. The molecule has 0 saturated carbocycles. The van der Waals surface area contributed by atoms with Gasteiger partial charge in [0, 0.05) is 11.4 Å². The maximum Gasteiger partial charge on any atom is 0.355 e. The maximum atomic E-state index is 13.4. The lowest BCUT2D eigenvalue weighted by atomic mass is 9.98. The van der Waals surface area contributed by atoms with E-state index in [4.69, 9.17) is 9.47 Å². The average molecular weight is 461 g/mol. The highest BCUT2D eigenvalue weighted by molar-refractivity contribution is 6.04. The van der Waals surface area contributed by atoms with E-state index in [1.54, 1.807) is 26.0 Å². The summed E-state index contributed by atoms with van der Waals surface area (Å²) in [5.74, 6) is -1.11. The number of anilines is 1. The molecule has 34 heavy (non-hydrogen) atoms. The van der Waals surface area contributed by atoms with Crippen LogP contribution in [0, 0.1) is 0 Å². The number of benzene rings is 1. The molecule has 3 rings (SSSR count). The summed E-state index contributed by atoms with van der Waals surface area (Å²) < 4.78 is 10.8. The normalized spacial score (nSPS) is 18.4. The minimum Gasteiger partial charge on any atom is -0.463 e. The molecule has 0 saturated heterocycles. The SMILES string of the molecule is C=C/C=C(\C=C)C1N(C2=CCCC=C2)CC(C(=O)OCC)=C(C(=O)OCC)N1c1ccccc1. The lowest BCUT2D eigenvalue weighted by Gasteiger charge is -2.48. The summed E-state index contributed by atoms with van der Waals surface area (Å²) in [4.78, 5) is 30.5. The van der Waals surface area contributed by atoms with Crippen LogP contribution >= 0.6 is 0 Å². The quantitative estimate of drug-likeness (QED) is 0.380. The molecule has 1 aliphatic carbocycles. The largest absolute Gasteiger partial charge is 0.463 e. The zero-order valence-electron chi connectivity index (χ0n) is 19.9. The molecule has 1 aliphatic heterocycles.